The van der Waals surface area contributed by atoms with Crippen molar-refractivity contribution >= 4 is 5.82 Å². The van der Waals surface area contributed by atoms with Gasteiger partial charge in [-0.15, -0.1) is 0 Å². The second-order valence-electron chi connectivity index (χ2n) is 6.22. The van der Waals surface area contributed by atoms with Crippen LogP contribution in [-0.4, -0.2) is 32.8 Å². The first-order valence-corrected chi connectivity index (χ1v) is 7.82. The molecular weight excluding hydrogens is 282 g/mol. The van der Waals surface area contributed by atoms with E-state index in [0.29, 0.717) is 11.7 Å². The van der Waals surface area contributed by atoms with E-state index in [1.807, 2.05) is 4.90 Å². The third-order valence-electron chi connectivity index (χ3n) is 4.47. The number of anilines is 1. The van der Waals surface area contributed by atoms with E-state index in [4.69, 9.17) is 4.52 Å². The number of nitrogens with zero attached hydrogens (tertiary/aromatic N) is 5. The molecule has 3 heterocycles. The Morgan fingerprint density at radius 1 is 1.27 bits per heavy atom. The molecule has 2 aromatic heterocycles. The molecule has 0 bridgehead atoms. The van der Waals surface area contributed by atoms with E-state index in [1.165, 1.54) is 0 Å². The number of aromatic nitrogens is 4. The van der Waals surface area contributed by atoms with Gasteiger partial charge in [-0.25, -0.2) is 4.98 Å². The lowest BCUT2D eigenvalue weighted by Gasteiger charge is -2.31. The molecule has 2 aliphatic rings. The molecule has 0 N–H and O–H groups in total. The molecule has 0 amide bonds. The summed E-state index contributed by atoms with van der Waals surface area (Å²) in [6.45, 7) is 1.56. The molecule has 2 fully saturated rings. The van der Waals surface area contributed by atoms with Crippen LogP contribution in [0.25, 0.3) is 0 Å². The van der Waals surface area contributed by atoms with Crippen LogP contribution >= 0.6 is 0 Å². The molecule has 1 aliphatic heterocycles. The summed E-state index contributed by atoms with van der Waals surface area (Å²) >= 11 is 0. The average Bonchev–Trinajstić information content (AvgIpc) is 3.27. The van der Waals surface area contributed by atoms with E-state index in [1.54, 1.807) is 24.0 Å². The van der Waals surface area contributed by atoms with Gasteiger partial charge in [0, 0.05) is 44.4 Å². The van der Waals surface area contributed by atoms with Gasteiger partial charge in [0.2, 0.25) is 5.89 Å². The van der Waals surface area contributed by atoms with Gasteiger partial charge in [0.1, 0.15) is 0 Å². The van der Waals surface area contributed by atoms with E-state index < -0.39 is 0 Å². The number of rotatable bonds is 3. The van der Waals surface area contributed by atoms with Crippen molar-refractivity contribution in [3.63, 3.8) is 0 Å². The smallest absolute Gasteiger partial charge is 0.293 e. The summed E-state index contributed by atoms with van der Waals surface area (Å²) in [5.74, 6) is 2.75. The van der Waals surface area contributed by atoms with Crippen LogP contribution in [0, 0.1) is 0 Å². The zero-order valence-corrected chi connectivity index (χ0v) is 12.6. The molecule has 4 rings (SSSR count). The summed E-state index contributed by atoms with van der Waals surface area (Å²) in [6.07, 6.45) is 7.67. The van der Waals surface area contributed by atoms with Gasteiger partial charge >= 0.3 is 0 Å². The molecule has 1 atom stereocenters. The van der Waals surface area contributed by atoms with Gasteiger partial charge in [0.15, 0.2) is 11.6 Å². The summed E-state index contributed by atoms with van der Waals surface area (Å²) in [5, 5.41) is 4.15. The van der Waals surface area contributed by atoms with Crippen molar-refractivity contribution in [1.82, 2.24) is 19.7 Å². The predicted molar refractivity (Wildman–Crippen MR) is 79.9 cm³/mol. The summed E-state index contributed by atoms with van der Waals surface area (Å²) in [7, 11) is 1.75. The van der Waals surface area contributed by atoms with Gasteiger partial charge in [-0.2, -0.15) is 4.98 Å². The molecule has 22 heavy (non-hydrogen) atoms. The van der Waals surface area contributed by atoms with Crippen LogP contribution in [0.15, 0.2) is 21.7 Å². The standard InChI is InChI=1S/C15H19N5O2/c1-19-8-6-16-13(15(19)21)20-7-2-3-11(9-20)12-17-14(22-18-12)10-4-5-10/h6,8,10-11H,2-5,7,9H2,1H3/t11-/m0/s1. The lowest BCUT2D eigenvalue weighted by molar-refractivity contribution is 0.365. The van der Waals surface area contributed by atoms with Crippen LogP contribution in [0.4, 0.5) is 5.82 Å². The topological polar surface area (TPSA) is 77.1 Å². The summed E-state index contributed by atoms with van der Waals surface area (Å²) < 4.78 is 6.93. The molecule has 0 aromatic carbocycles. The van der Waals surface area contributed by atoms with Crippen LogP contribution in [0.2, 0.25) is 0 Å². The Hall–Kier alpha value is -2.18. The van der Waals surface area contributed by atoms with Crippen molar-refractivity contribution in [3.05, 3.63) is 34.5 Å². The number of aryl methyl sites for hydroxylation is 1. The Balaban J connectivity index is 1.56. The highest BCUT2D eigenvalue weighted by Crippen LogP contribution is 2.39. The second-order valence-corrected chi connectivity index (χ2v) is 6.22. The molecule has 1 saturated carbocycles. The highest BCUT2D eigenvalue weighted by atomic mass is 16.5. The maximum absolute atomic E-state index is 12.2. The Kier molecular flexibility index (Phi) is 3.20. The first-order chi connectivity index (χ1) is 10.7. The molecule has 0 radical (unpaired) electrons. The van der Waals surface area contributed by atoms with E-state index >= 15 is 0 Å². The maximum atomic E-state index is 12.2. The molecular formula is C15H19N5O2. The summed E-state index contributed by atoms with van der Waals surface area (Å²) in [5.41, 5.74) is -0.0602. The van der Waals surface area contributed by atoms with Crippen molar-refractivity contribution in [3.8, 4) is 0 Å². The fourth-order valence-electron chi connectivity index (χ4n) is 2.99. The third-order valence-corrected chi connectivity index (χ3v) is 4.47. The Morgan fingerprint density at radius 2 is 2.14 bits per heavy atom. The van der Waals surface area contributed by atoms with Crippen LogP contribution in [0.3, 0.4) is 0 Å². The summed E-state index contributed by atoms with van der Waals surface area (Å²) in [4.78, 5) is 23.1. The molecule has 7 heteroatoms. The van der Waals surface area contributed by atoms with Crippen molar-refractivity contribution < 1.29 is 4.52 Å². The molecule has 2 aromatic rings. The number of hydrogen-bond acceptors (Lipinski definition) is 6. The third kappa shape index (κ3) is 2.40. The van der Waals surface area contributed by atoms with E-state index in [-0.39, 0.29) is 11.5 Å². The van der Waals surface area contributed by atoms with Crippen LogP contribution in [-0.2, 0) is 7.05 Å². The number of hydrogen-bond donors (Lipinski definition) is 0. The van der Waals surface area contributed by atoms with Gasteiger partial charge in [0.25, 0.3) is 5.56 Å². The van der Waals surface area contributed by atoms with Gasteiger partial charge in [-0.05, 0) is 25.7 Å². The van der Waals surface area contributed by atoms with Crippen molar-refractivity contribution in [1.29, 1.82) is 0 Å². The largest absolute Gasteiger partial charge is 0.351 e. The first-order valence-electron chi connectivity index (χ1n) is 7.82. The van der Waals surface area contributed by atoms with Gasteiger partial charge < -0.3 is 14.0 Å². The predicted octanol–water partition coefficient (Wildman–Crippen LogP) is 1.42. The zero-order valence-electron chi connectivity index (χ0n) is 12.6. The Morgan fingerprint density at radius 3 is 2.95 bits per heavy atom. The zero-order chi connectivity index (χ0) is 15.1. The van der Waals surface area contributed by atoms with E-state index in [2.05, 4.69) is 15.1 Å². The van der Waals surface area contributed by atoms with Crippen LogP contribution < -0.4 is 10.5 Å². The Labute approximate surface area is 128 Å². The monoisotopic (exact) mass is 301 g/mol. The molecule has 1 aliphatic carbocycles. The van der Waals surface area contributed by atoms with Gasteiger partial charge in [0.05, 0.1) is 0 Å². The quantitative estimate of drug-likeness (QED) is 0.853. The molecule has 7 nitrogen and oxygen atoms in total. The first kappa shape index (κ1) is 13.5. The highest BCUT2D eigenvalue weighted by molar-refractivity contribution is 5.37. The van der Waals surface area contributed by atoms with Crippen molar-refractivity contribution in [2.75, 3.05) is 18.0 Å². The fraction of sp³-hybridized carbons (Fsp3) is 0.600. The molecule has 116 valence electrons. The highest BCUT2D eigenvalue weighted by Gasteiger charge is 2.32. The number of piperidine rings is 1. The SMILES string of the molecule is Cn1ccnc(N2CCC[C@H](c3noc(C4CC4)n3)C2)c1=O. The summed E-state index contributed by atoms with van der Waals surface area (Å²) in [6, 6.07) is 0. The van der Waals surface area contributed by atoms with Crippen molar-refractivity contribution in [2.24, 2.45) is 7.05 Å². The lowest BCUT2D eigenvalue weighted by atomic mass is 9.97. The van der Waals surface area contributed by atoms with Gasteiger partial charge in [-0.1, -0.05) is 5.16 Å². The van der Waals surface area contributed by atoms with Crippen LogP contribution in [0.1, 0.15) is 49.2 Å². The normalized spacial score (nSPS) is 22.0. The van der Waals surface area contributed by atoms with E-state index in [0.717, 1.165) is 50.5 Å². The minimum absolute atomic E-state index is 0.0602. The second kappa shape index (κ2) is 5.23. The lowest BCUT2D eigenvalue weighted by Crippen LogP contribution is -2.39. The van der Waals surface area contributed by atoms with Gasteiger partial charge in [-0.3, -0.25) is 4.79 Å². The average molecular weight is 301 g/mol. The molecule has 0 unspecified atom stereocenters. The molecule has 0 spiro atoms. The van der Waals surface area contributed by atoms with Crippen LogP contribution in [0.5, 0.6) is 0 Å². The maximum Gasteiger partial charge on any atom is 0.293 e. The minimum Gasteiger partial charge on any atom is -0.351 e. The minimum atomic E-state index is -0.0602. The fourth-order valence-corrected chi connectivity index (χ4v) is 2.99. The molecule has 1 saturated heterocycles. The van der Waals surface area contributed by atoms with Crippen molar-refractivity contribution in [2.45, 2.75) is 37.5 Å². The Bertz CT molecular complexity index is 734. The van der Waals surface area contributed by atoms with E-state index in [9.17, 15) is 4.79 Å².